The van der Waals surface area contributed by atoms with E-state index in [0.717, 1.165) is 11.5 Å². The SMILES string of the molecule is CC(C)(C)c1cc2c3c(c1)-n1c4ccccc4c4cccc(c41)B3c1cc(-c3ccccc3)ccc1O2. The summed E-state index contributed by atoms with van der Waals surface area (Å²) in [6.45, 7) is 6.96. The van der Waals surface area contributed by atoms with E-state index in [-0.39, 0.29) is 12.1 Å². The Hall–Kier alpha value is -4.24. The third-order valence-corrected chi connectivity index (χ3v) is 8.20. The Morgan fingerprint density at radius 3 is 2.27 bits per heavy atom. The molecule has 5 aromatic carbocycles. The Kier molecular flexibility index (Phi) is 4.05. The van der Waals surface area contributed by atoms with Gasteiger partial charge in [0.05, 0.1) is 5.52 Å². The van der Waals surface area contributed by atoms with E-state index >= 15 is 0 Å². The Balaban J connectivity index is 1.51. The van der Waals surface area contributed by atoms with E-state index in [0.29, 0.717) is 0 Å². The summed E-state index contributed by atoms with van der Waals surface area (Å²) in [4.78, 5) is 0. The molecule has 6 aromatic rings. The topological polar surface area (TPSA) is 14.2 Å². The molecule has 3 heterocycles. The highest BCUT2D eigenvalue weighted by Crippen LogP contribution is 2.40. The Morgan fingerprint density at radius 1 is 0.649 bits per heavy atom. The number of hydrogen-bond donors (Lipinski definition) is 0. The van der Waals surface area contributed by atoms with Crippen LogP contribution < -0.4 is 21.1 Å². The van der Waals surface area contributed by atoms with Gasteiger partial charge in [-0.15, -0.1) is 0 Å². The summed E-state index contributed by atoms with van der Waals surface area (Å²) in [7, 11) is 0. The maximum absolute atomic E-state index is 6.74. The number of nitrogens with zero attached hydrogens (tertiary/aromatic N) is 1. The van der Waals surface area contributed by atoms with Crippen LogP contribution in [0.25, 0.3) is 38.6 Å². The predicted molar refractivity (Wildman–Crippen MR) is 156 cm³/mol. The van der Waals surface area contributed by atoms with Gasteiger partial charge in [0.15, 0.2) is 0 Å². The number of para-hydroxylation sites is 2. The lowest BCUT2D eigenvalue weighted by Gasteiger charge is -2.35. The second kappa shape index (κ2) is 7.17. The molecule has 37 heavy (non-hydrogen) atoms. The minimum absolute atomic E-state index is 0.000861. The van der Waals surface area contributed by atoms with E-state index in [2.05, 4.69) is 128 Å². The molecular formula is C34H26BNO. The summed E-state index contributed by atoms with van der Waals surface area (Å²) in [5.41, 5.74) is 11.4. The van der Waals surface area contributed by atoms with E-state index in [1.54, 1.807) is 0 Å². The Labute approximate surface area is 217 Å². The third-order valence-electron chi connectivity index (χ3n) is 8.20. The van der Waals surface area contributed by atoms with Crippen molar-refractivity contribution in [3.05, 3.63) is 109 Å². The monoisotopic (exact) mass is 475 g/mol. The summed E-state index contributed by atoms with van der Waals surface area (Å²) < 4.78 is 9.22. The summed E-state index contributed by atoms with van der Waals surface area (Å²) in [5, 5.41) is 2.61. The zero-order valence-electron chi connectivity index (χ0n) is 21.2. The van der Waals surface area contributed by atoms with Crippen molar-refractivity contribution in [1.29, 1.82) is 0 Å². The molecular weight excluding hydrogens is 449 g/mol. The van der Waals surface area contributed by atoms with E-state index in [4.69, 9.17) is 4.74 Å². The molecule has 0 radical (unpaired) electrons. The average Bonchev–Trinajstić information content (AvgIpc) is 3.26. The van der Waals surface area contributed by atoms with Crippen LogP contribution in [0.4, 0.5) is 0 Å². The quantitative estimate of drug-likeness (QED) is 0.242. The average molecular weight is 475 g/mol. The second-order valence-corrected chi connectivity index (χ2v) is 11.4. The lowest BCUT2D eigenvalue weighted by molar-refractivity contribution is 0.483. The fourth-order valence-electron chi connectivity index (χ4n) is 6.41. The molecule has 0 N–H and O–H groups in total. The van der Waals surface area contributed by atoms with Crippen molar-refractivity contribution in [2.45, 2.75) is 26.2 Å². The third kappa shape index (κ3) is 2.83. The highest BCUT2D eigenvalue weighted by atomic mass is 16.5. The van der Waals surface area contributed by atoms with Gasteiger partial charge in [-0.05, 0) is 62.8 Å². The summed E-state index contributed by atoms with van der Waals surface area (Å²) in [6, 6.07) is 37.6. The van der Waals surface area contributed by atoms with Crippen LogP contribution in [-0.4, -0.2) is 11.3 Å². The van der Waals surface area contributed by atoms with Crippen LogP contribution >= 0.6 is 0 Å². The van der Waals surface area contributed by atoms with Gasteiger partial charge >= 0.3 is 0 Å². The fraction of sp³-hybridized carbons (Fsp3) is 0.118. The first kappa shape index (κ1) is 20.9. The van der Waals surface area contributed by atoms with E-state index in [1.165, 1.54) is 60.6 Å². The molecule has 2 nitrogen and oxygen atoms in total. The van der Waals surface area contributed by atoms with Gasteiger partial charge in [0.1, 0.15) is 11.5 Å². The molecule has 0 spiro atoms. The number of ether oxygens (including phenoxy) is 1. The maximum atomic E-state index is 6.74. The van der Waals surface area contributed by atoms with Crippen molar-refractivity contribution in [2.75, 3.05) is 0 Å². The molecule has 0 saturated carbocycles. The van der Waals surface area contributed by atoms with Gasteiger partial charge in [-0.25, -0.2) is 0 Å². The van der Waals surface area contributed by atoms with Gasteiger partial charge in [-0.2, -0.15) is 0 Å². The van der Waals surface area contributed by atoms with Gasteiger partial charge in [0, 0.05) is 22.0 Å². The zero-order valence-corrected chi connectivity index (χ0v) is 21.2. The standard InChI is InChI=1S/C34H26BNO/c1-34(2,3)23-19-29-32-31(20-23)37-30-17-16-22(21-10-5-4-6-11-21)18-27(30)35(32)26-14-9-13-25-24-12-7-8-15-28(24)36(29)33(25)26/h4-20H,1-3H3. The van der Waals surface area contributed by atoms with Crippen LogP contribution in [0, 0.1) is 0 Å². The molecule has 8 rings (SSSR count). The van der Waals surface area contributed by atoms with Gasteiger partial charge in [0.2, 0.25) is 0 Å². The molecule has 1 aromatic heterocycles. The lowest BCUT2D eigenvalue weighted by Crippen LogP contribution is -2.58. The number of rotatable bonds is 1. The second-order valence-electron chi connectivity index (χ2n) is 11.4. The largest absolute Gasteiger partial charge is 0.458 e. The van der Waals surface area contributed by atoms with Crippen LogP contribution in [0.3, 0.4) is 0 Å². The van der Waals surface area contributed by atoms with Gasteiger partial charge in [-0.3, -0.25) is 0 Å². The Morgan fingerprint density at radius 2 is 1.43 bits per heavy atom. The van der Waals surface area contributed by atoms with Crippen molar-refractivity contribution in [3.8, 4) is 28.3 Å². The van der Waals surface area contributed by atoms with Crippen LogP contribution in [0.2, 0.25) is 0 Å². The lowest BCUT2D eigenvalue weighted by atomic mass is 9.34. The fourth-order valence-corrected chi connectivity index (χ4v) is 6.41. The molecule has 0 unspecified atom stereocenters. The predicted octanol–water partition coefficient (Wildman–Crippen LogP) is 6.68. The molecule has 176 valence electrons. The molecule has 0 bridgehead atoms. The van der Waals surface area contributed by atoms with Gasteiger partial charge in [0.25, 0.3) is 6.71 Å². The first-order valence-corrected chi connectivity index (χ1v) is 13.1. The minimum atomic E-state index is 0.000861. The number of aromatic nitrogens is 1. The van der Waals surface area contributed by atoms with Crippen LogP contribution in [0.15, 0.2) is 103 Å². The van der Waals surface area contributed by atoms with Crippen LogP contribution in [-0.2, 0) is 5.41 Å². The molecule has 0 fully saturated rings. The smallest absolute Gasteiger partial charge is 0.256 e. The first-order chi connectivity index (χ1) is 18.0. The molecule has 3 heteroatoms. The highest BCUT2D eigenvalue weighted by Gasteiger charge is 2.41. The molecule has 0 aliphatic carbocycles. The van der Waals surface area contributed by atoms with Gasteiger partial charge in [-0.1, -0.05) is 99.6 Å². The van der Waals surface area contributed by atoms with Crippen molar-refractivity contribution < 1.29 is 4.74 Å². The van der Waals surface area contributed by atoms with Crippen LogP contribution in [0.1, 0.15) is 26.3 Å². The van der Waals surface area contributed by atoms with Crippen molar-refractivity contribution in [1.82, 2.24) is 4.57 Å². The molecule has 0 atom stereocenters. The number of hydrogen-bond acceptors (Lipinski definition) is 1. The molecule has 0 saturated heterocycles. The van der Waals surface area contributed by atoms with E-state index < -0.39 is 0 Å². The molecule has 2 aliphatic rings. The van der Waals surface area contributed by atoms with Crippen molar-refractivity contribution >= 4 is 44.9 Å². The molecule has 0 amide bonds. The first-order valence-electron chi connectivity index (χ1n) is 13.1. The van der Waals surface area contributed by atoms with Crippen molar-refractivity contribution in [2.24, 2.45) is 0 Å². The summed E-state index contributed by atoms with van der Waals surface area (Å²) >= 11 is 0. The van der Waals surface area contributed by atoms with Crippen molar-refractivity contribution in [3.63, 3.8) is 0 Å². The van der Waals surface area contributed by atoms with E-state index in [9.17, 15) is 0 Å². The zero-order chi connectivity index (χ0) is 24.9. The van der Waals surface area contributed by atoms with Crippen LogP contribution in [0.5, 0.6) is 11.5 Å². The normalized spacial score (nSPS) is 13.4. The highest BCUT2D eigenvalue weighted by molar-refractivity contribution is 6.99. The van der Waals surface area contributed by atoms with E-state index in [1.807, 2.05) is 0 Å². The minimum Gasteiger partial charge on any atom is -0.458 e. The number of benzene rings is 5. The maximum Gasteiger partial charge on any atom is 0.256 e. The summed E-state index contributed by atoms with van der Waals surface area (Å²) in [5.74, 6) is 1.93. The number of fused-ring (bicyclic) bond motifs is 7. The Bertz CT molecular complexity index is 1890. The molecule has 2 aliphatic heterocycles. The van der Waals surface area contributed by atoms with Gasteiger partial charge < -0.3 is 9.30 Å². The summed E-state index contributed by atoms with van der Waals surface area (Å²) in [6.07, 6.45) is 0.